The monoisotopic (exact) mass is 238 g/mol. The first-order valence-corrected chi connectivity index (χ1v) is 5.47. The second kappa shape index (κ2) is 5.08. The Hall–Kier alpha value is -1.71. The lowest BCUT2D eigenvalue weighted by atomic mass is 9.93. The van der Waals surface area contributed by atoms with Gasteiger partial charge in [-0.3, -0.25) is 4.79 Å². The molecule has 17 heavy (non-hydrogen) atoms. The first kappa shape index (κ1) is 13.4. The van der Waals surface area contributed by atoms with E-state index in [4.69, 9.17) is 9.84 Å². The van der Waals surface area contributed by atoms with Crippen LogP contribution in [0.25, 0.3) is 0 Å². The van der Waals surface area contributed by atoms with Gasteiger partial charge >= 0.3 is 5.97 Å². The normalized spacial score (nSPS) is 12.2. The van der Waals surface area contributed by atoms with Crippen LogP contribution in [0, 0.1) is 19.8 Å². The molecule has 0 bridgehead atoms. The van der Waals surface area contributed by atoms with E-state index in [-0.39, 0.29) is 5.75 Å². The Labute approximate surface area is 101 Å². The Morgan fingerprint density at radius 3 is 2.53 bits per heavy atom. The molecule has 0 spiro atoms. The highest BCUT2D eigenvalue weighted by Gasteiger charge is 2.19. The number of carbonyl (C=O) groups is 1. The summed E-state index contributed by atoms with van der Waals surface area (Å²) >= 11 is 0. The van der Waals surface area contributed by atoms with Crippen LogP contribution in [0.1, 0.15) is 23.6 Å². The number of aromatic hydroxyl groups is 1. The molecule has 0 aliphatic carbocycles. The maximum absolute atomic E-state index is 10.9. The predicted molar refractivity (Wildman–Crippen MR) is 64.6 cm³/mol. The molecule has 0 radical (unpaired) electrons. The molecule has 0 amide bonds. The zero-order chi connectivity index (χ0) is 13.2. The van der Waals surface area contributed by atoms with Crippen molar-refractivity contribution in [3.05, 3.63) is 22.8 Å². The number of methoxy groups -OCH3 is 1. The van der Waals surface area contributed by atoms with Crippen LogP contribution in [0.4, 0.5) is 0 Å². The van der Waals surface area contributed by atoms with E-state index in [0.29, 0.717) is 17.7 Å². The number of phenols is 1. The van der Waals surface area contributed by atoms with Crippen LogP contribution in [0.5, 0.6) is 11.5 Å². The number of aryl methyl sites for hydroxylation is 1. The van der Waals surface area contributed by atoms with E-state index in [1.165, 1.54) is 7.11 Å². The van der Waals surface area contributed by atoms with Gasteiger partial charge in [-0.15, -0.1) is 0 Å². The Kier molecular flexibility index (Phi) is 3.99. The SMILES string of the molecule is COc1cc(C)c(C)c(CC(C)C(=O)O)c1O. The molecule has 0 aromatic heterocycles. The first-order valence-electron chi connectivity index (χ1n) is 5.47. The summed E-state index contributed by atoms with van der Waals surface area (Å²) in [5.74, 6) is -0.972. The predicted octanol–water partition coefficient (Wildman–Crippen LogP) is 2.28. The molecule has 0 fully saturated rings. The summed E-state index contributed by atoms with van der Waals surface area (Å²) < 4.78 is 5.07. The molecular formula is C13H18O4. The van der Waals surface area contributed by atoms with E-state index < -0.39 is 11.9 Å². The molecule has 1 rings (SSSR count). The summed E-state index contributed by atoms with van der Waals surface area (Å²) in [6.07, 6.45) is 0.297. The van der Waals surface area contributed by atoms with Gasteiger partial charge in [-0.05, 0) is 37.5 Å². The molecule has 0 aliphatic heterocycles. The highest BCUT2D eigenvalue weighted by atomic mass is 16.5. The van der Waals surface area contributed by atoms with Crippen LogP contribution >= 0.6 is 0 Å². The van der Waals surface area contributed by atoms with Gasteiger partial charge in [-0.25, -0.2) is 0 Å². The van der Waals surface area contributed by atoms with E-state index in [9.17, 15) is 9.90 Å². The number of hydrogen-bond donors (Lipinski definition) is 2. The maximum atomic E-state index is 10.9. The third-order valence-electron chi connectivity index (χ3n) is 3.06. The van der Waals surface area contributed by atoms with Crippen molar-refractivity contribution in [2.75, 3.05) is 7.11 Å². The number of rotatable bonds is 4. The van der Waals surface area contributed by atoms with Gasteiger partial charge in [-0.1, -0.05) is 6.92 Å². The van der Waals surface area contributed by atoms with Crippen molar-refractivity contribution in [2.24, 2.45) is 5.92 Å². The summed E-state index contributed by atoms with van der Waals surface area (Å²) in [6.45, 7) is 5.40. The third kappa shape index (κ3) is 2.70. The van der Waals surface area contributed by atoms with E-state index in [1.54, 1.807) is 13.0 Å². The summed E-state index contributed by atoms with van der Waals surface area (Å²) in [4.78, 5) is 10.9. The third-order valence-corrected chi connectivity index (χ3v) is 3.06. The number of ether oxygens (including phenoxy) is 1. The molecule has 0 saturated heterocycles. The second-order valence-corrected chi connectivity index (χ2v) is 4.29. The average Bonchev–Trinajstić information content (AvgIpc) is 2.28. The Balaban J connectivity index is 3.22. The van der Waals surface area contributed by atoms with Crippen molar-refractivity contribution >= 4 is 5.97 Å². The zero-order valence-electron chi connectivity index (χ0n) is 10.6. The quantitative estimate of drug-likeness (QED) is 0.844. The number of carboxylic acids is 1. The van der Waals surface area contributed by atoms with Crippen LogP contribution in [-0.2, 0) is 11.2 Å². The molecule has 1 aromatic rings. The minimum absolute atomic E-state index is 0.0451. The average molecular weight is 238 g/mol. The highest BCUT2D eigenvalue weighted by Crippen LogP contribution is 2.35. The largest absolute Gasteiger partial charge is 0.504 e. The Morgan fingerprint density at radius 2 is 2.06 bits per heavy atom. The van der Waals surface area contributed by atoms with Gasteiger partial charge < -0.3 is 14.9 Å². The highest BCUT2D eigenvalue weighted by molar-refractivity contribution is 5.70. The molecule has 1 unspecified atom stereocenters. The van der Waals surface area contributed by atoms with E-state index in [1.807, 2.05) is 13.8 Å². The fraction of sp³-hybridized carbons (Fsp3) is 0.462. The van der Waals surface area contributed by atoms with Crippen molar-refractivity contribution < 1.29 is 19.7 Å². The van der Waals surface area contributed by atoms with Gasteiger partial charge in [0.1, 0.15) is 0 Å². The molecule has 2 N–H and O–H groups in total. The van der Waals surface area contributed by atoms with Crippen molar-refractivity contribution in [3.8, 4) is 11.5 Å². The van der Waals surface area contributed by atoms with Gasteiger partial charge in [0.15, 0.2) is 11.5 Å². The van der Waals surface area contributed by atoms with Crippen LogP contribution < -0.4 is 4.74 Å². The van der Waals surface area contributed by atoms with Crippen LogP contribution in [0.3, 0.4) is 0 Å². The summed E-state index contributed by atoms with van der Waals surface area (Å²) in [7, 11) is 1.48. The van der Waals surface area contributed by atoms with Crippen molar-refractivity contribution in [2.45, 2.75) is 27.2 Å². The van der Waals surface area contributed by atoms with Crippen LogP contribution in [0.15, 0.2) is 6.07 Å². The number of aliphatic carboxylic acids is 1. The lowest BCUT2D eigenvalue weighted by molar-refractivity contribution is -0.141. The lowest BCUT2D eigenvalue weighted by Crippen LogP contribution is -2.13. The molecule has 0 saturated carbocycles. The van der Waals surface area contributed by atoms with Gasteiger partial charge in [0.2, 0.25) is 0 Å². The molecule has 4 nitrogen and oxygen atoms in total. The maximum Gasteiger partial charge on any atom is 0.306 e. The molecular weight excluding hydrogens is 220 g/mol. The molecule has 1 atom stereocenters. The molecule has 1 aromatic carbocycles. The number of benzene rings is 1. The lowest BCUT2D eigenvalue weighted by Gasteiger charge is -2.16. The van der Waals surface area contributed by atoms with Crippen molar-refractivity contribution in [1.82, 2.24) is 0 Å². The van der Waals surface area contributed by atoms with Gasteiger partial charge in [0, 0.05) is 5.56 Å². The van der Waals surface area contributed by atoms with Crippen molar-refractivity contribution in [1.29, 1.82) is 0 Å². The Bertz CT molecular complexity index is 438. The van der Waals surface area contributed by atoms with Crippen molar-refractivity contribution in [3.63, 3.8) is 0 Å². The fourth-order valence-electron chi connectivity index (χ4n) is 1.74. The molecule has 94 valence electrons. The van der Waals surface area contributed by atoms with E-state index in [2.05, 4.69) is 0 Å². The zero-order valence-corrected chi connectivity index (χ0v) is 10.6. The second-order valence-electron chi connectivity index (χ2n) is 4.29. The van der Waals surface area contributed by atoms with Gasteiger partial charge in [-0.2, -0.15) is 0 Å². The Morgan fingerprint density at radius 1 is 1.47 bits per heavy atom. The molecule has 0 aliphatic rings. The van der Waals surface area contributed by atoms with Gasteiger partial charge in [0.25, 0.3) is 0 Å². The summed E-state index contributed by atoms with van der Waals surface area (Å²) in [5.41, 5.74) is 2.54. The summed E-state index contributed by atoms with van der Waals surface area (Å²) in [5, 5.41) is 18.9. The number of hydrogen-bond acceptors (Lipinski definition) is 3. The summed E-state index contributed by atoms with van der Waals surface area (Å²) in [6, 6.07) is 1.75. The van der Waals surface area contributed by atoms with E-state index >= 15 is 0 Å². The minimum atomic E-state index is -0.871. The standard InChI is InChI=1S/C13H18O4/c1-7-6-11(17-4)12(14)10(9(7)3)5-8(2)13(15)16/h6,8,14H,5H2,1-4H3,(H,15,16). The topological polar surface area (TPSA) is 66.8 Å². The van der Waals surface area contributed by atoms with Crippen LogP contribution in [-0.4, -0.2) is 23.3 Å². The van der Waals surface area contributed by atoms with E-state index in [0.717, 1.165) is 11.1 Å². The fourth-order valence-corrected chi connectivity index (χ4v) is 1.74. The molecule has 4 heteroatoms. The molecule has 0 heterocycles. The number of phenolic OH excluding ortho intramolecular Hbond substituents is 1. The smallest absolute Gasteiger partial charge is 0.306 e. The van der Waals surface area contributed by atoms with Crippen LogP contribution in [0.2, 0.25) is 0 Å². The minimum Gasteiger partial charge on any atom is -0.504 e. The number of carboxylic acid groups (broad SMARTS) is 1. The van der Waals surface area contributed by atoms with Gasteiger partial charge in [0.05, 0.1) is 13.0 Å². The first-order chi connectivity index (χ1) is 7.88.